The van der Waals surface area contributed by atoms with Crippen LogP contribution in [0.1, 0.15) is 0 Å². The van der Waals surface area contributed by atoms with Gasteiger partial charge in [-0.05, 0) is 24.3 Å². The lowest BCUT2D eigenvalue weighted by Gasteiger charge is -2.15. The average Bonchev–Trinajstić information content (AvgIpc) is 2.84. The van der Waals surface area contributed by atoms with Crippen LogP contribution in [0.4, 0.5) is 5.69 Å². The highest BCUT2D eigenvalue weighted by Gasteiger charge is 2.23. The van der Waals surface area contributed by atoms with Crippen molar-refractivity contribution in [1.29, 1.82) is 0 Å². The number of sulfonamides is 1. The lowest BCUT2D eigenvalue weighted by Crippen LogP contribution is -2.34. The SMILES string of the molecule is CN(C)S(=O)(=O)c1ccc(NC(=O)CN2CSCC2=O)cc1. The van der Waals surface area contributed by atoms with Gasteiger partial charge in [-0.1, -0.05) is 0 Å². The third kappa shape index (κ3) is 3.79. The van der Waals surface area contributed by atoms with E-state index in [0.29, 0.717) is 17.3 Å². The fourth-order valence-corrected chi connectivity index (χ4v) is 3.64. The molecule has 2 rings (SSSR count). The summed E-state index contributed by atoms with van der Waals surface area (Å²) in [7, 11) is -0.574. The summed E-state index contributed by atoms with van der Waals surface area (Å²) in [5, 5.41) is 2.65. The molecule has 120 valence electrons. The van der Waals surface area contributed by atoms with Gasteiger partial charge in [0.25, 0.3) is 0 Å². The Morgan fingerprint density at radius 3 is 2.45 bits per heavy atom. The Hall–Kier alpha value is -1.58. The first-order valence-corrected chi connectivity index (χ1v) is 9.08. The fraction of sp³-hybridized carbons (Fsp3) is 0.385. The zero-order chi connectivity index (χ0) is 16.3. The topological polar surface area (TPSA) is 86.8 Å². The molecule has 0 spiro atoms. The summed E-state index contributed by atoms with van der Waals surface area (Å²) in [4.78, 5) is 24.9. The van der Waals surface area contributed by atoms with E-state index in [1.54, 1.807) is 0 Å². The fourth-order valence-electron chi connectivity index (χ4n) is 1.84. The molecule has 1 aliphatic heterocycles. The van der Waals surface area contributed by atoms with Crippen LogP contribution in [-0.4, -0.2) is 61.7 Å². The van der Waals surface area contributed by atoms with Crippen LogP contribution in [0.2, 0.25) is 0 Å². The molecule has 0 aromatic heterocycles. The molecule has 0 atom stereocenters. The predicted molar refractivity (Wildman–Crippen MR) is 85.0 cm³/mol. The first-order valence-electron chi connectivity index (χ1n) is 6.48. The number of amides is 2. The van der Waals surface area contributed by atoms with Gasteiger partial charge in [0.05, 0.1) is 16.5 Å². The summed E-state index contributed by atoms with van der Waals surface area (Å²) in [5.41, 5.74) is 0.488. The van der Waals surface area contributed by atoms with E-state index in [9.17, 15) is 18.0 Å². The molecular weight excluding hydrogens is 326 g/mol. The predicted octanol–water partition coefficient (Wildman–Crippen LogP) is 0.408. The van der Waals surface area contributed by atoms with Gasteiger partial charge < -0.3 is 10.2 Å². The van der Waals surface area contributed by atoms with E-state index in [0.717, 1.165) is 4.31 Å². The molecular formula is C13H17N3O4S2. The maximum absolute atomic E-state index is 11.9. The van der Waals surface area contributed by atoms with Crippen LogP contribution >= 0.6 is 11.8 Å². The van der Waals surface area contributed by atoms with Crippen molar-refractivity contribution in [2.75, 3.05) is 37.6 Å². The summed E-state index contributed by atoms with van der Waals surface area (Å²) in [6.07, 6.45) is 0. The van der Waals surface area contributed by atoms with Crippen molar-refractivity contribution in [2.45, 2.75) is 4.90 Å². The third-order valence-corrected chi connectivity index (χ3v) is 5.85. The molecule has 0 aliphatic carbocycles. The number of nitrogens with zero attached hydrogens (tertiary/aromatic N) is 2. The Bertz CT molecular complexity index is 671. The molecule has 1 aromatic rings. The Kier molecular flexibility index (Phi) is 5.09. The van der Waals surface area contributed by atoms with E-state index in [2.05, 4.69) is 5.32 Å². The number of carbonyl (C=O) groups excluding carboxylic acids is 2. The standard InChI is InChI=1S/C13H17N3O4S2/c1-15(2)22(19,20)11-5-3-10(4-6-11)14-12(17)7-16-9-21-8-13(16)18/h3-6H,7-9H2,1-2H3,(H,14,17). The van der Waals surface area contributed by atoms with Gasteiger partial charge in [-0.3, -0.25) is 9.59 Å². The summed E-state index contributed by atoms with van der Waals surface area (Å²) < 4.78 is 25.0. The van der Waals surface area contributed by atoms with E-state index < -0.39 is 10.0 Å². The number of benzene rings is 1. The van der Waals surface area contributed by atoms with Crippen molar-refractivity contribution in [2.24, 2.45) is 0 Å². The summed E-state index contributed by atoms with van der Waals surface area (Å²) in [6, 6.07) is 5.91. The van der Waals surface area contributed by atoms with Gasteiger partial charge in [0.15, 0.2) is 0 Å². The lowest BCUT2D eigenvalue weighted by atomic mass is 10.3. The normalized spacial score (nSPS) is 15.4. The van der Waals surface area contributed by atoms with Crippen molar-refractivity contribution >= 4 is 39.3 Å². The Morgan fingerprint density at radius 1 is 1.32 bits per heavy atom. The van der Waals surface area contributed by atoms with Crippen LogP contribution in [0.15, 0.2) is 29.2 Å². The molecule has 2 amide bonds. The highest BCUT2D eigenvalue weighted by atomic mass is 32.2. The van der Waals surface area contributed by atoms with E-state index in [1.165, 1.54) is 55.0 Å². The van der Waals surface area contributed by atoms with Crippen LogP contribution in [0.3, 0.4) is 0 Å². The van der Waals surface area contributed by atoms with Crippen molar-refractivity contribution in [3.05, 3.63) is 24.3 Å². The monoisotopic (exact) mass is 343 g/mol. The minimum Gasteiger partial charge on any atom is -0.325 e. The Labute approximate surface area is 133 Å². The molecule has 1 aromatic carbocycles. The van der Waals surface area contributed by atoms with Gasteiger partial charge in [0.1, 0.15) is 6.54 Å². The zero-order valence-electron chi connectivity index (χ0n) is 12.3. The number of thioether (sulfide) groups is 1. The Morgan fingerprint density at radius 2 is 1.95 bits per heavy atom. The molecule has 0 radical (unpaired) electrons. The maximum atomic E-state index is 11.9. The van der Waals surface area contributed by atoms with Gasteiger partial charge >= 0.3 is 0 Å². The lowest BCUT2D eigenvalue weighted by molar-refractivity contribution is -0.130. The van der Waals surface area contributed by atoms with E-state index in [-0.39, 0.29) is 23.3 Å². The maximum Gasteiger partial charge on any atom is 0.244 e. The molecule has 9 heteroatoms. The van der Waals surface area contributed by atoms with Crippen LogP contribution in [0, 0.1) is 0 Å². The van der Waals surface area contributed by atoms with E-state index >= 15 is 0 Å². The number of nitrogens with one attached hydrogen (secondary N) is 1. The number of anilines is 1. The molecule has 1 aliphatic rings. The average molecular weight is 343 g/mol. The van der Waals surface area contributed by atoms with Gasteiger partial charge in [0.2, 0.25) is 21.8 Å². The largest absolute Gasteiger partial charge is 0.325 e. The van der Waals surface area contributed by atoms with Crippen molar-refractivity contribution in [3.63, 3.8) is 0 Å². The highest BCUT2D eigenvalue weighted by molar-refractivity contribution is 8.00. The second-order valence-electron chi connectivity index (χ2n) is 4.93. The number of hydrogen-bond acceptors (Lipinski definition) is 5. The minimum atomic E-state index is -3.48. The van der Waals surface area contributed by atoms with Gasteiger partial charge in [-0.2, -0.15) is 0 Å². The summed E-state index contributed by atoms with van der Waals surface area (Å²) in [5.74, 6) is 0.572. The highest BCUT2D eigenvalue weighted by Crippen LogP contribution is 2.17. The van der Waals surface area contributed by atoms with E-state index in [1.807, 2.05) is 0 Å². The van der Waals surface area contributed by atoms with Gasteiger partial charge in [-0.15, -0.1) is 11.8 Å². The first-order chi connectivity index (χ1) is 10.3. The molecule has 0 bridgehead atoms. The smallest absolute Gasteiger partial charge is 0.244 e. The quantitative estimate of drug-likeness (QED) is 0.837. The van der Waals surface area contributed by atoms with Crippen molar-refractivity contribution in [1.82, 2.24) is 9.21 Å². The molecule has 1 fully saturated rings. The minimum absolute atomic E-state index is 0.00355. The number of rotatable bonds is 5. The number of carbonyl (C=O) groups is 2. The first kappa shape index (κ1) is 16.8. The number of hydrogen-bond donors (Lipinski definition) is 1. The molecule has 1 N–H and O–H groups in total. The summed E-state index contributed by atoms with van der Waals surface area (Å²) >= 11 is 1.47. The molecule has 22 heavy (non-hydrogen) atoms. The van der Waals surface area contributed by atoms with Gasteiger partial charge in [-0.25, -0.2) is 12.7 Å². The van der Waals surface area contributed by atoms with Crippen LogP contribution in [0.25, 0.3) is 0 Å². The molecule has 7 nitrogen and oxygen atoms in total. The van der Waals surface area contributed by atoms with Crippen LogP contribution in [-0.2, 0) is 19.6 Å². The van der Waals surface area contributed by atoms with Crippen LogP contribution in [0.5, 0.6) is 0 Å². The zero-order valence-corrected chi connectivity index (χ0v) is 13.9. The van der Waals surface area contributed by atoms with E-state index in [4.69, 9.17) is 0 Å². The molecule has 1 saturated heterocycles. The second-order valence-corrected chi connectivity index (χ2v) is 8.04. The molecule has 1 heterocycles. The third-order valence-electron chi connectivity index (χ3n) is 3.08. The van der Waals surface area contributed by atoms with Crippen LogP contribution < -0.4 is 5.32 Å². The summed E-state index contributed by atoms with van der Waals surface area (Å²) in [6.45, 7) is 0.00355. The molecule has 0 saturated carbocycles. The molecule has 0 unspecified atom stereocenters. The van der Waals surface area contributed by atoms with Gasteiger partial charge in [0, 0.05) is 19.8 Å². The Balaban J connectivity index is 1.99. The van der Waals surface area contributed by atoms with Crippen molar-refractivity contribution in [3.8, 4) is 0 Å². The van der Waals surface area contributed by atoms with Crippen molar-refractivity contribution < 1.29 is 18.0 Å². The second kappa shape index (κ2) is 6.67.